The first-order valence-electron chi connectivity index (χ1n) is 6.81. The molecule has 0 amide bonds. The first-order valence-corrected chi connectivity index (χ1v) is 7.79. The third-order valence-corrected chi connectivity index (χ3v) is 4.34. The number of thioether (sulfide) groups is 1. The van der Waals surface area contributed by atoms with Gasteiger partial charge in [-0.2, -0.15) is 0 Å². The number of nitrogens with zero attached hydrogens (tertiary/aromatic N) is 5. The van der Waals surface area contributed by atoms with Gasteiger partial charge in [-0.1, -0.05) is 23.9 Å². The molecule has 116 valence electrons. The quantitative estimate of drug-likeness (QED) is 0.406. The number of hydrogen-bond acceptors (Lipinski definition) is 6. The van der Waals surface area contributed by atoms with Crippen LogP contribution in [0.4, 0.5) is 5.69 Å². The van der Waals surface area contributed by atoms with Crippen LogP contribution in [0.3, 0.4) is 0 Å². The molecule has 7 nitrogen and oxygen atoms in total. The van der Waals surface area contributed by atoms with Gasteiger partial charge in [0.1, 0.15) is 0 Å². The number of aromatic nitrogens is 4. The Bertz CT molecular complexity index is 835. The van der Waals surface area contributed by atoms with Crippen LogP contribution in [0.5, 0.6) is 0 Å². The molecule has 0 N–H and O–H groups in total. The molecule has 0 aliphatic rings. The van der Waals surface area contributed by atoms with Gasteiger partial charge < -0.3 is 4.57 Å². The minimum absolute atomic E-state index is 0.0946. The molecule has 0 fully saturated rings. The summed E-state index contributed by atoms with van der Waals surface area (Å²) in [6.07, 6.45) is 3.44. The summed E-state index contributed by atoms with van der Waals surface area (Å²) >= 11 is 1.48. The Balaban J connectivity index is 1.76. The van der Waals surface area contributed by atoms with Crippen LogP contribution in [0, 0.1) is 10.1 Å². The maximum Gasteiger partial charge on any atom is 0.269 e. The molecular formula is C15H13N5O2S. The van der Waals surface area contributed by atoms with Gasteiger partial charge in [-0.3, -0.25) is 15.1 Å². The van der Waals surface area contributed by atoms with Crippen molar-refractivity contribution in [2.24, 2.45) is 7.05 Å². The summed E-state index contributed by atoms with van der Waals surface area (Å²) < 4.78 is 1.89. The van der Waals surface area contributed by atoms with Crippen molar-refractivity contribution in [2.45, 2.75) is 10.9 Å². The molecule has 0 saturated carbocycles. The standard InChI is InChI=1S/C15H13N5O2S/c1-19-14(12-5-3-7-16-9-12)17-18-15(19)23-10-11-4-2-6-13(8-11)20(21)22/h2-9H,10H2,1H3. The normalized spacial score (nSPS) is 10.7. The SMILES string of the molecule is Cn1c(SCc2cccc([N+](=O)[O-])c2)nnc1-c1cccnc1. The Morgan fingerprint density at radius 2 is 2.13 bits per heavy atom. The second-order valence-electron chi connectivity index (χ2n) is 4.82. The van der Waals surface area contributed by atoms with Crippen molar-refractivity contribution in [3.8, 4) is 11.4 Å². The van der Waals surface area contributed by atoms with Crippen LogP contribution in [0.25, 0.3) is 11.4 Å². The van der Waals surface area contributed by atoms with Gasteiger partial charge in [0.05, 0.1) is 4.92 Å². The van der Waals surface area contributed by atoms with Crippen molar-refractivity contribution >= 4 is 17.4 Å². The molecule has 2 aromatic heterocycles. The number of benzene rings is 1. The highest BCUT2D eigenvalue weighted by Gasteiger charge is 2.12. The van der Waals surface area contributed by atoms with Crippen molar-refractivity contribution < 1.29 is 4.92 Å². The maximum atomic E-state index is 10.8. The largest absolute Gasteiger partial charge is 0.305 e. The fourth-order valence-corrected chi connectivity index (χ4v) is 2.95. The number of hydrogen-bond donors (Lipinski definition) is 0. The minimum Gasteiger partial charge on any atom is -0.305 e. The fourth-order valence-electron chi connectivity index (χ4n) is 2.09. The van der Waals surface area contributed by atoms with Gasteiger partial charge in [0.2, 0.25) is 0 Å². The van der Waals surface area contributed by atoms with Gasteiger partial charge >= 0.3 is 0 Å². The number of non-ortho nitro benzene ring substituents is 1. The van der Waals surface area contributed by atoms with Crippen molar-refractivity contribution in [1.29, 1.82) is 0 Å². The summed E-state index contributed by atoms with van der Waals surface area (Å²) in [5.74, 6) is 1.32. The van der Waals surface area contributed by atoms with E-state index >= 15 is 0 Å². The highest BCUT2D eigenvalue weighted by Crippen LogP contribution is 2.26. The Morgan fingerprint density at radius 1 is 1.26 bits per heavy atom. The second kappa shape index (κ2) is 6.57. The Morgan fingerprint density at radius 3 is 2.87 bits per heavy atom. The van der Waals surface area contributed by atoms with Crippen molar-refractivity contribution in [3.63, 3.8) is 0 Å². The predicted octanol–water partition coefficient (Wildman–Crippen LogP) is 3.08. The van der Waals surface area contributed by atoms with Gasteiger partial charge in [0, 0.05) is 42.9 Å². The molecule has 23 heavy (non-hydrogen) atoms. The second-order valence-corrected chi connectivity index (χ2v) is 5.77. The lowest BCUT2D eigenvalue weighted by atomic mass is 10.2. The van der Waals surface area contributed by atoms with E-state index in [1.54, 1.807) is 24.5 Å². The molecule has 0 unspecified atom stereocenters. The Kier molecular flexibility index (Phi) is 4.33. The van der Waals surface area contributed by atoms with E-state index in [2.05, 4.69) is 15.2 Å². The summed E-state index contributed by atoms with van der Waals surface area (Å²) in [5.41, 5.74) is 1.86. The smallest absolute Gasteiger partial charge is 0.269 e. The van der Waals surface area contributed by atoms with Crippen LogP contribution >= 0.6 is 11.8 Å². The lowest BCUT2D eigenvalue weighted by Crippen LogP contribution is -1.95. The van der Waals surface area contributed by atoms with Gasteiger partial charge in [0.25, 0.3) is 5.69 Å². The summed E-state index contributed by atoms with van der Waals surface area (Å²) in [6, 6.07) is 10.4. The average Bonchev–Trinajstić information content (AvgIpc) is 2.95. The van der Waals surface area contributed by atoms with E-state index in [-0.39, 0.29) is 5.69 Å². The average molecular weight is 327 g/mol. The van der Waals surface area contributed by atoms with E-state index < -0.39 is 4.92 Å². The van der Waals surface area contributed by atoms with Crippen LogP contribution in [0.15, 0.2) is 53.9 Å². The topological polar surface area (TPSA) is 86.7 Å². The minimum atomic E-state index is -0.392. The molecule has 1 aromatic carbocycles. The van der Waals surface area contributed by atoms with Gasteiger partial charge in [-0.05, 0) is 17.7 Å². The molecule has 0 saturated heterocycles. The zero-order valence-electron chi connectivity index (χ0n) is 12.3. The zero-order valence-corrected chi connectivity index (χ0v) is 13.1. The van der Waals surface area contributed by atoms with Crippen LogP contribution in [0.2, 0.25) is 0 Å². The summed E-state index contributed by atoms with van der Waals surface area (Å²) in [7, 11) is 1.89. The van der Waals surface area contributed by atoms with E-state index in [4.69, 9.17) is 0 Å². The molecule has 0 atom stereocenters. The first kappa shape index (κ1) is 15.2. The van der Waals surface area contributed by atoms with Crippen LogP contribution in [0.1, 0.15) is 5.56 Å². The first-order chi connectivity index (χ1) is 11.1. The van der Waals surface area contributed by atoms with Gasteiger partial charge in [-0.15, -0.1) is 10.2 Å². The van der Waals surface area contributed by atoms with Crippen molar-refractivity contribution in [3.05, 3.63) is 64.5 Å². The fraction of sp³-hybridized carbons (Fsp3) is 0.133. The maximum absolute atomic E-state index is 10.8. The summed E-state index contributed by atoms with van der Waals surface area (Å²) in [4.78, 5) is 14.5. The third kappa shape index (κ3) is 3.37. The van der Waals surface area contributed by atoms with Crippen molar-refractivity contribution in [1.82, 2.24) is 19.7 Å². The molecule has 3 aromatic rings. The van der Waals surface area contributed by atoms with Gasteiger partial charge in [0.15, 0.2) is 11.0 Å². The molecule has 0 aliphatic heterocycles. The number of pyridine rings is 1. The molecule has 3 rings (SSSR count). The lowest BCUT2D eigenvalue weighted by Gasteiger charge is -2.04. The molecule has 8 heteroatoms. The van der Waals surface area contributed by atoms with Crippen molar-refractivity contribution in [2.75, 3.05) is 0 Å². The molecule has 0 radical (unpaired) electrons. The van der Waals surface area contributed by atoms with E-state index in [0.717, 1.165) is 22.1 Å². The molecular weight excluding hydrogens is 314 g/mol. The van der Waals surface area contributed by atoms with E-state index in [1.165, 1.54) is 17.8 Å². The highest BCUT2D eigenvalue weighted by molar-refractivity contribution is 7.98. The third-order valence-electron chi connectivity index (χ3n) is 3.24. The van der Waals surface area contributed by atoms with Crippen LogP contribution in [-0.4, -0.2) is 24.7 Å². The number of nitro groups is 1. The number of rotatable bonds is 5. The van der Waals surface area contributed by atoms with E-state index in [0.29, 0.717) is 5.75 Å². The summed E-state index contributed by atoms with van der Waals surface area (Å²) in [5, 5.41) is 19.9. The Labute approximate surface area is 136 Å². The number of nitro benzene ring substituents is 1. The van der Waals surface area contributed by atoms with Crippen LogP contribution < -0.4 is 0 Å². The monoisotopic (exact) mass is 327 g/mol. The molecule has 0 bridgehead atoms. The lowest BCUT2D eigenvalue weighted by molar-refractivity contribution is -0.384. The Hall–Kier alpha value is -2.74. The summed E-state index contributed by atoms with van der Waals surface area (Å²) in [6.45, 7) is 0. The molecule has 2 heterocycles. The van der Waals surface area contributed by atoms with Crippen LogP contribution in [-0.2, 0) is 12.8 Å². The van der Waals surface area contributed by atoms with E-state index in [9.17, 15) is 10.1 Å². The highest BCUT2D eigenvalue weighted by atomic mass is 32.2. The molecule has 0 spiro atoms. The van der Waals surface area contributed by atoms with Gasteiger partial charge in [-0.25, -0.2) is 0 Å². The van der Waals surface area contributed by atoms with E-state index in [1.807, 2.05) is 29.8 Å². The zero-order chi connectivity index (χ0) is 16.2. The predicted molar refractivity (Wildman–Crippen MR) is 86.9 cm³/mol. The molecule has 0 aliphatic carbocycles.